The molecule has 0 aromatic rings. The van der Waals surface area contributed by atoms with Gasteiger partial charge in [-0.15, -0.1) is 0 Å². The SMILES string of the molecule is CCNC(=O)COCCCN. The molecule has 0 saturated heterocycles. The summed E-state index contributed by atoms with van der Waals surface area (Å²) in [5.41, 5.74) is 5.22. The first-order chi connectivity index (χ1) is 5.31. The standard InChI is InChI=1S/C7H16N2O2/c1-2-9-7(10)6-11-5-3-4-8/h2-6,8H2,1H3,(H,9,10). The number of hydrogen-bond acceptors (Lipinski definition) is 3. The Balaban J connectivity index is 3.04. The Morgan fingerprint density at radius 1 is 1.64 bits per heavy atom. The molecule has 0 aliphatic rings. The van der Waals surface area contributed by atoms with Crippen molar-refractivity contribution in [1.82, 2.24) is 5.32 Å². The van der Waals surface area contributed by atoms with Gasteiger partial charge < -0.3 is 15.8 Å². The molecule has 3 N–H and O–H groups in total. The van der Waals surface area contributed by atoms with E-state index in [9.17, 15) is 4.79 Å². The van der Waals surface area contributed by atoms with Crippen molar-refractivity contribution in [3.8, 4) is 0 Å². The molecule has 0 rings (SSSR count). The largest absolute Gasteiger partial charge is 0.372 e. The third-order valence-electron chi connectivity index (χ3n) is 1.10. The molecule has 0 saturated carbocycles. The van der Waals surface area contributed by atoms with E-state index in [0.717, 1.165) is 6.42 Å². The molecule has 0 aromatic heterocycles. The van der Waals surface area contributed by atoms with Gasteiger partial charge in [-0.25, -0.2) is 0 Å². The summed E-state index contributed by atoms with van der Waals surface area (Å²) in [4.78, 5) is 10.7. The molecule has 0 heterocycles. The number of nitrogens with two attached hydrogens (primary N) is 1. The van der Waals surface area contributed by atoms with Crippen molar-refractivity contribution in [3.05, 3.63) is 0 Å². The number of ether oxygens (including phenoxy) is 1. The zero-order chi connectivity index (χ0) is 8.53. The molecular weight excluding hydrogens is 144 g/mol. The van der Waals surface area contributed by atoms with Crippen LogP contribution in [0.4, 0.5) is 0 Å². The smallest absolute Gasteiger partial charge is 0.245 e. The molecule has 4 heteroatoms. The zero-order valence-corrected chi connectivity index (χ0v) is 6.93. The van der Waals surface area contributed by atoms with Crippen LogP contribution in [0.3, 0.4) is 0 Å². The highest BCUT2D eigenvalue weighted by molar-refractivity contribution is 5.77. The minimum Gasteiger partial charge on any atom is -0.372 e. The fraction of sp³-hybridized carbons (Fsp3) is 0.857. The first-order valence-corrected chi connectivity index (χ1v) is 3.85. The molecule has 0 unspecified atom stereocenters. The van der Waals surface area contributed by atoms with Gasteiger partial charge in [0, 0.05) is 13.2 Å². The van der Waals surface area contributed by atoms with E-state index in [1.165, 1.54) is 0 Å². The van der Waals surface area contributed by atoms with E-state index in [1.54, 1.807) is 0 Å². The maximum Gasteiger partial charge on any atom is 0.245 e. The van der Waals surface area contributed by atoms with Gasteiger partial charge >= 0.3 is 0 Å². The third kappa shape index (κ3) is 7.29. The lowest BCUT2D eigenvalue weighted by Gasteiger charge is -2.02. The Labute approximate surface area is 67.1 Å². The van der Waals surface area contributed by atoms with Gasteiger partial charge in [-0.1, -0.05) is 0 Å². The maximum atomic E-state index is 10.7. The molecule has 4 nitrogen and oxygen atoms in total. The van der Waals surface area contributed by atoms with Crippen molar-refractivity contribution < 1.29 is 9.53 Å². The van der Waals surface area contributed by atoms with E-state index in [1.807, 2.05) is 6.92 Å². The fourth-order valence-electron chi connectivity index (χ4n) is 0.598. The Bertz CT molecular complexity index is 107. The van der Waals surface area contributed by atoms with Crippen LogP contribution in [-0.4, -0.2) is 32.2 Å². The van der Waals surface area contributed by atoms with E-state index >= 15 is 0 Å². The van der Waals surface area contributed by atoms with Crippen LogP contribution in [-0.2, 0) is 9.53 Å². The van der Waals surface area contributed by atoms with Gasteiger partial charge in [-0.05, 0) is 19.9 Å². The monoisotopic (exact) mass is 160 g/mol. The average molecular weight is 160 g/mol. The number of likely N-dealkylation sites (N-methyl/N-ethyl adjacent to an activating group) is 1. The van der Waals surface area contributed by atoms with Crippen LogP contribution in [0.25, 0.3) is 0 Å². The first-order valence-electron chi connectivity index (χ1n) is 3.85. The second kappa shape index (κ2) is 7.50. The van der Waals surface area contributed by atoms with Gasteiger partial charge in [0.05, 0.1) is 0 Å². The lowest BCUT2D eigenvalue weighted by Crippen LogP contribution is -2.27. The van der Waals surface area contributed by atoms with Crippen LogP contribution in [0, 0.1) is 0 Å². The second-order valence-electron chi connectivity index (χ2n) is 2.15. The molecule has 0 radical (unpaired) electrons. The van der Waals surface area contributed by atoms with E-state index < -0.39 is 0 Å². The van der Waals surface area contributed by atoms with Gasteiger partial charge in [0.25, 0.3) is 0 Å². The van der Waals surface area contributed by atoms with Crippen LogP contribution in [0.2, 0.25) is 0 Å². The molecule has 0 aliphatic carbocycles. The normalized spacial score (nSPS) is 9.64. The summed E-state index contributed by atoms with van der Waals surface area (Å²) in [7, 11) is 0. The minimum absolute atomic E-state index is 0.0653. The highest BCUT2D eigenvalue weighted by Gasteiger charge is 1.96. The molecule has 0 bridgehead atoms. The summed E-state index contributed by atoms with van der Waals surface area (Å²) < 4.78 is 5.00. The molecule has 11 heavy (non-hydrogen) atoms. The molecule has 0 aliphatic heterocycles. The Morgan fingerprint density at radius 2 is 2.36 bits per heavy atom. The molecule has 0 atom stereocenters. The third-order valence-corrected chi connectivity index (χ3v) is 1.10. The van der Waals surface area contributed by atoms with Gasteiger partial charge in [-0.2, -0.15) is 0 Å². The van der Waals surface area contributed by atoms with E-state index in [4.69, 9.17) is 10.5 Å². The summed E-state index contributed by atoms with van der Waals surface area (Å²) >= 11 is 0. The van der Waals surface area contributed by atoms with Crippen LogP contribution in [0.5, 0.6) is 0 Å². The number of hydrogen-bond donors (Lipinski definition) is 2. The number of nitrogens with one attached hydrogen (secondary N) is 1. The van der Waals surface area contributed by atoms with Crippen LogP contribution >= 0.6 is 0 Å². The van der Waals surface area contributed by atoms with E-state index in [2.05, 4.69) is 5.32 Å². The van der Waals surface area contributed by atoms with Crippen molar-refractivity contribution in [2.45, 2.75) is 13.3 Å². The maximum absolute atomic E-state index is 10.7. The van der Waals surface area contributed by atoms with Crippen LogP contribution < -0.4 is 11.1 Å². The fourth-order valence-corrected chi connectivity index (χ4v) is 0.598. The highest BCUT2D eigenvalue weighted by atomic mass is 16.5. The highest BCUT2D eigenvalue weighted by Crippen LogP contribution is 1.79. The summed E-state index contributed by atoms with van der Waals surface area (Å²) in [5.74, 6) is -0.0653. The van der Waals surface area contributed by atoms with Crippen LogP contribution in [0.15, 0.2) is 0 Å². The lowest BCUT2D eigenvalue weighted by molar-refractivity contribution is -0.125. The van der Waals surface area contributed by atoms with E-state index in [0.29, 0.717) is 19.7 Å². The number of amides is 1. The van der Waals surface area contributed by atoms with Crippen LogP contribution in [0.1, 0.15) is 13.3 Å². The Hall–Kier alpha value is -0.610. The molecule has 0 fully saturated rings. The van der Waals surface area contributed by atoms with Crippen molar-refractivity contribution in [1.29, 1.82) is 0 Å². The van der Waals surface area contributed by atoms with Crippen molar-refractivity contribution in [2.24, 2.45) is 5.73 Å². The summed E-state index contributed by atoms with van der Waals surface area (Å²) in [6.07, 6.45) is 0.805. The topological polar surface area (TPSA) is 64.3 Å². The van der Waals surface area contributed by atoms with Crippen molar-refractivity contribution >= 4 is 5.91 Å². The summed E-state index contributed by atoms with van der Waals surface area (Å²) in [6, 6.07) is 0. The first kappa shape index (κ1) is 10.4. The lowest BCUT2D eigenvalue weighted by atomic mass is 10.5. The average Bonchev–Trinajstić information content (AvgIpc) is 1.99. The van der Waals surface area contributed by atoms with E-state index in [-0.39, 0.29) is 12.5 Å². The predicted octanol–water partition coefficient (Wildman–Crippen LogP) is -0.512. The van der Waals surface area contributed by atoms with Gasteiger partial charge in [0.2, 0.25) is 5.91 Å². The number of rotatable bonds is 6. The van der Waals surface area contributed by atoms with Crippen molar-refractivity contribution in [2.75, 3.05) is 26.3 Å². The van der Waals surface area contributed by atoms with Gasteiger partial charge in [0.15, 0.2) is 0 Å². The molecular formula is C7H16N2O2. The summed E-state index contributed by atoms with van der Waals surface area (Å²) in [6.45, 7) is 3.84. The molecule has 1 amide bonds. The quantitative estimate of drug-likeness (QED) is 0.514. The zero-order valence-electron chi connectivity index (χ0n) is 6.93. The number of carbonyl (C=O) groups excluding carboxylic acids is 1. The second-order valence-corrected chi connectivity index (χ2v) is 2.15. The predicted molar refractivity (Wildman–Crippen MR) is 43.2 cm³/mol. The number of carbonyl (C=O) groups is 1. The molecule has 66 valence electrons. The van der Waals surface area contributed by atoms with Gasteiger partial charge in [0.1, 0.15) is 6.61 Å². The minimum atomic E-state index is -0.0653. The molecule has 0 aromatic carbocycles. The Morgan fingerprint density at radius 3 is 2.91 bits per heavy atom. The Kier molecular flexibility index (Phi) is 7.08. The molecule has 0 spiro atoms. The summed E-state index contributed by atoms with van der Waals surface area (Å²) in [5, 5.41) is 2.63. The van der Waals surface area contributed by atoms with Crippen molar-refractivity contribution in [3.63, 3.8) is 0 Å². The van der Waals surface area contributed by atoms with Gasteiger partial charge in [-0.3, -0.25) is 4.79 Å².